The number of aryl methyl sites for hydroxylation is 1. The van der Waals surface area contributed by atoms with Gasteiger partial charge < -0.3 is 10.1 Å². The zero-order chi connectivity index (χ0) is 16.1. The molecule has 7 heteroatoms. The van der Waals surface area contributed by atoms with E-state index in [1.54, 1.807) is 25.1 Å². The number of carbonyl (C=O) groups excluding carboxylic acids is 1. The SMILES string of the molecule is Cc1cccc(OCC(=O)Nc2ccccc2I)c1[N+](=O)[O-]. The van der Waals surface area contributed by atoms with Crippen molar-refractivity contribution in [2.75, 3.05) is 11.9 Å². The minimum Gasteiger partial charge on any atom is -0.477 e. The zero-order valence-electron chi connectivity index (χ0n) is 11.7. The van der Waals surface area contributed by atoms with Gasteiger partial charge in [0.25, 0.3) is 5.91 Å². The molecule has 2 aromatic rings. The number of carbonyl (C=O) groups is 1. The van der Waals surface area contributed by atoms with Crippen LogP contribution in [0.2, 0.25) is 0 Å². The molecule has 0 aliphatic rings. The molecule has 22 heavy (non-hydrogen) atoms. The number of nitrogens with one attached hydrogen (secondary N) is 1. The lowest BCUT2D eigenvalue weighted by molar-refractivity contribution is -0.386. The molecule has 114 valence electrons. The van der Waals surface area contributed by atoms with E-state index in [4.69, 9.17) is 4.74 Å². The summed E-state index contributed by atoms with van der Waals surface area (Å²) in [5.74, 6) is -0.289. The highest BCUT2D eigenvalue weighted by Gasteiger charge is 2.19. The molecule has 0 radical (unpaired) electrons. The molecule has 0 heterocycles. The van der Waals surface area contributed by atoms with Crippen LogP contribution in [0.25, 0.3) is 0 Å². The second-order valence-corrected chi connectivity index (χ2v) is 5.66. The van der Waals surface area contributed by atoms with E-state index in [1.165, 1.54) is 6.07 Å². The smallest absolute Gasteiger partial charge is 0.313 e. The lowest BCUT2D eigenvalue weighted by atomic mass is 10.2. The molecule has 2 aromatic carbocycles. The molecule has 0 aliphatic carbocycles. The van der Waals surface area contributed by atoms with Crippen LogP contribution in [-0.2, 0) is 4.79 Å². The van der Waals surface area contributed by atoms with Gasteiger partial charge in [-0.3, -0.25) is 14.9 Å². The van der Waals surface area contributed by atoms with E-state index < -0.39 is 4.92 Å². The number of ether oxygens (including phenoxy) is 1. The molecule has 0 spiro atoms. The van der Waals surface area contributed by atoms with Crippen LogP contribution in [0.15, 0.2) is 42.5 Å². The van der Waals surface area contributed by atoms with Gasteiger partial charge in [0.05, 0.1) is 10.6 Å². The third kappa shape index (κ3) is 3.94. The molecule has 1 amide bonds. The molecule has 0 fully saturated rings. The summed E-state index contributed by atoms with van der Waals surface area (Å²) >= 11 is 2.11. The summed E-state index contributed by atoms with van der Waals surface area (Å²) in [4.78, 5) is 22.4. The Morgan fingerprint density at radius 1 is 1.27 bits per heavy atom. The number of nitro benzene ring substituents is 1. The Morgan fingerprint density at radius 3 is 2.68 bits per heavy atom. The number of para-hydroxylation sites is 2. The first-order valence-electron chi connectivity index (χ1n) is 6.40. The van der Waals surface area contributed by atoms with E-state index in [9.17, 15) is 14.9 Å². The summed E-state index contributed by atoms with van der Waals surface area (Å²) in [5, 5.41) is 13.7. The average Bonchev–Trinajstić information content (AvgIpc) is 2.47. The Bertz CT molecular complexity index is 718. The fourth-order valence-corrected chi connectivity index (χ4v) is 2.40. The van der Waals surface area contributed by atoms with Crippen molar-refractivity contribution in [3.63, 3.8) is 0 Å². The fraction of sp³-hybridized carbons (Fsp3) is 0.133. The van der Waals surface area contributed by atoms with Gasteiger partial charge >= 0.3 is 5.69 Å². The molecule has 0 saturated carbocycles. The van der Waals surface area contributed by atoms with E-state index in [0.717, 1.165) is 3.57 Å². The number of amides is 1. The minimum atomic E-state index is -0.511. The number of hydrogen-bond donors (Lipinski definition) is 1. The number of hydrogen-bond acceptors (Lipinski definition) is 4. The maximum Gasteiger partial charge on any atom is 0.313 e. The highest BCUT2D eigenvalue weighted by Crippen LogP contribution is 2.30. The van der Waals surface area contributed by atoms with E-state index in [1.807, 2.05) is 18.2 Å². The van der Waals surface area contributed by atoms with Crippen LogP contribution >= 0.6 is 22.6 Å². The van der Waals surface area contributed by atoms with Crippen LogP contribution in [0.3, 0.4) is 0 Å². The summed E-state index contributed by atoms with van der Waals surface area (Å²) in [7, 11) is 0. The van der Waals surface area contributed by atoms with Gasteiger partial charge in [0, 0.05) is 9.13 Å². The predicted molar refractivity (Wildman–Crippen MR) is 91.1 cm³/mol. The van der Waals surface area contributed by atoms with Gasteiger partial charge in [0.2, 0.25) is 0 Å². The van der Waals surface area contributed by atoms with Gasteiger partial charge in [-0.05, 0) is 47.7 Å². The first-order valence-corrected chi connectivity index (χ1v) is 7.48. The molecule has 0 bridgehead atoms. The summed E-state index contributed by atoms with van der Waals surface area (Å²) in [6.45, 7) is 1.33. The van der Waals surface area contributed by atoms with Gasteiger partial charge in [0.15, 0.2) is 12.4 Å². The van der Waals surface area contributed by atoms with Crippen molar-refractivity contribution in [2.24, 2.45) is 0 Å². The molecular weight excluding hydrogens is 399 g/mol. The van der Waals surface area contributed by atoms with Crippen molar-refractivity contribution in [3.8, 4) is 5.75 Å². The van der Waals surface area contributed by atoms with Crippen molar-refractivity contribution < 1.29 is 14.5 Å². The number of nitro groups is 1. The summed E-state index contributed by atoms with van der Waals surface area (Å²) in [6, 6.07) is 12.1. The van der Waals surface area contributed by atoms with E-state index in [-0.39, 0.29) is 24.0 Å². The molecule has 0 saturated heterocycles. The lowest BCUT2D eigenvalue weighted by Gasteiger charge is -2.09. The summed E-state index contributed by atoms with van der Waals surface area (Å²) in [6.07, 6.45) is 0. The molecule has 1 N–H and O–H groups in total. The van der Waals surface area contributed by atoms with Crippen LogP contribution < -0.4 is 10.1 Å². The number of benzene rings is 2. The van der Waals surface area contributed by atoms with E-state index >= 15 is 0 Å². The first-order chi connectivity index (χ1) is 10.5. The van der Waals surface area contributed by atoms with Crippen molar-refractivity contribution in [3.05, 3.63) is 61.7 Å². The highest BCUT2D eigenvalue weighted by atomic mass is 127. The molecule has 0 aliphatic heterocycles. The minimum absolute atomic E-state index is 0.0860. The van der Waals surface area contributed by atoms with E-state index in [0.29, 0.717) is 11.3 Å². The highest BCUT2D eigenvalue weighted by molar-refractivity contribution is 14.1. The van der Waals surface area contributed by atoms with Gasteiger partial charge in [-0.15, -0.1) is 0 Å². The second kappa shape index (κ2) is 7.21. The largest absolute Gasteiger partial charge is 0.477 e. The van der Waals surface area contributed by atoms with Gasteiger partial charge in [-0.2, -0.15) is 0 Å². The lowest BCUT2D eigenvalue weighted by Crippen LogP contribution is -2.21. The quantitative estimate of drug-likeness (QED) is 0.463. The first kappa shape index (κ1) is 16.2. The number of nitrogens with zero attached hydrogens (tertiary/aromatic N) is 1. The third-order valence-electron chi connectivity index (χ3n) is 2.89. The number of halogens is 1. The van der Waals surface area contributed by atoms with Gasteiger partial charge in [-0.25, -0.2) is 0 Å². The average molecular weight is 412 g/mol. The topological polar surface area (TPSA) is 81.5 Å². The Kier molecular flexibility index (Phi) is 5.31. The Hall–Kier alpha value is -2.16. The Morgan fingerprint density at radius 2 is 2.00 bits per heavy atom. The molecule has 0 aromatic heterocycles. The fourth-order valence-electron chi connectivity index (χ4n) is 1.87. The van der Waals surface area contributed by atoms with Gasteiger partial charge in [-0.1, -0.05) is 24.3 Å². The van der Waals surface area contributed by atoms with Crippen molar-refractivity contribution in [1.82, 2.24) is 0 Å². The van der Waals surface area contributed by atoms with Crippen LogP contribution in [0.1, 0.15) is 5.56 Å². The van der Waals surface area contributed by atoms with Crippen LogP contribution in [-0.4, -0.2) is 17.4 Å². The Balaban J connectivity index is 2.05. The van der Waals surface area contributed by atoms with Crippen LogP contribution in [0.5, 0.6) is 5.75 Å². The zero-order valence-corrected chi connectivity index (χ0v) is 13.9. The van der Waals surface area contributed by atoms with E-state index in [2.05, 4.69) is 27.9 Å². The summed E-state index contributed by atoms with van der Waals surface area (Å²) < 4.78 is 6.20. The number of anilines is 1. The van der Waals surface area contributed by atoms with Crippen molar-refractivity contribution >= 4 is 39.9 Å². The summed E-state index contributed by atoms with van der Waals surface area (Å²) in [5.41, 5.74) is 1.04. The molecule has 0 atom stereocenters. The normalized spacial score (nSPS) is 10.1. The predicted octanol–water partition coefficient (Wildman–Crippen LogP) is 3.53. The molecule has 0 unspecified atom stereocenters. The van der Waals surface area contributed by atoms with Crippen molar-refractivity contribution in [1.29, 1.82) is 0 Å². The maximum atomic E-state index is 11.9. The molecular formula is C15H13IN2O4. The van der Waals surface area contributed by atoms with Crippen LogP contribution in [0, 0.1) is 20.6 Å². The monoisotopic (exact) mass is 412 g/mol. The van der Waals surface area contributed by atoms with Gasteiger partial charge in [0.1, 0.15) is 0 Å². The standard InChI is InChI=1S/C15H13IN2O4/c1-10-5-4-8-13(15(10)18(20)21)22-9-14(19)17-12-7-3-2-6-11(12)16/h2-8H,9H2,1H3,(H,17,19). The Labute approximate surface area is 140 Å². The second-order valence-electron chi connectivity index (χ2n) is 4.50. The van der Waals surface area contributed by atoms with Crippen LogP contribution in [0.4, 0.5) is 11.4 Å². The van der Waals surface area contributed by atoms with Crippen molar-refractivity contribution in [2.45, 2.75) is 6.92 Å². The third-order valence-corrected chi connectivity index (χ3v) is 3.83. The number of rotatable bonds is 5. The molecule has 2 rings (SSSR count). The maximum absolute atomic E-state index is 11.9. The molecule has 6 nitrogen and oxygen atoms in total.